The third-order valence-electron chi connectivity index (χ3n) is 4.51. The molecule has 1 aliphatic rings. The molecule has 0 unspecified atom stereocenters. The SMILES string of the molecule is Cc1cccc(C)c1CNC(=O)[C@H]1N(C(=O)OC(C)(C)C)CSC1(C)C. The Morgan fingerprint density at radius 1 is 1.27 bits per heavy atom. The number of nitrogens with zero attached hydrogens (tertiary/aromatic N) is 1. The van der Waals surface area contributed by atoms with Gasteiger partial charge in [-0.05, 0) is 65.2 Å². The average molecular weight is 379 g/mol. The van der Waals surface area contributed by atoms with E-state index in [1.165, 1.54) is 4.90 Å². The molecule has 1 fully saturated rings. The van der Waals surface area contributed by atoms with E-state index in [-0.39, 0.29) is 10.7 Å². The summed E-state index contributed by atoms with van der Waals surface area (Å²) in [6.45, 7) is 14.0. The summed E-state index contributed by atoms with van der Waals surface area (Å²) < 4.78 is 5.12. The van der Waals surface area contributed by atoms with Gasteiger partial charge in [0.2, 0.25) is 5.91 Å². The van der Waals surface area contributed by atoms with Crippen LogP contribution in [0.3, 0.4) is 0 Å². The summed E-state index contributed by atoms with van der Waals surface area (Å²) in [7, 11) is 0. The molecule has 26 heavy (non-hydrogen) atoms. The third-order valence-corrected chi connectivity index (χ3v) is 5.88. The number of carbonyl (C=O) groups is 2. The molecular weight excluding hydrogens is 348 g/mol. The monoisotopic (exact) mass is 378 g/mol. The normalized spacial score (nSPS) is 19.3. The van der Waals surface area contributed by atoms with E-state index in [1.807, 2.05) is 66.7 Å². The molecule has 0 aromatic heterocycles. The van der Waals surface area contributed by atoms with Crippen molar-refractivity contribution in [2.45, 2.75) is 71.4 Å². The standard InChI is InChI=1S/C20H30N2O3S/c1-13-9-8-10-14(2)15(13)11-21-17(23)16-20(6,7)26-12-22(16)18(24)25-19(3,4)5/h8-10,16H,11-12H2,1-7H3,(H,21,23)/t16-/m1/s1. The Hall–Kier alpha value is -1.69. The predicted octanol–water partition coefficient (Wildman–Crippen LogP) is 4.01. The lowest BCUT2D eigenvalue weighted by atomic mass is 10.00. The van der Waals surface area contributed by atoms with E-state index in [0.717, 1.165) is 16.7 Å². The molecule has 0 bridgehead atoms. The van der Waals surface area contributed by atoms with E-state index < -0.39 is 17.7 Å². The molecule has 5 nitrogen and oxygen atoms in total. The van der Waals surface area contributed by atoms with Crippen molar-refractivity contribution in [2.75, 3.05) is 5.88 Å². The van der Waals surface area contributed by atoms with Crippen LogP contribution < -0.4 is 5.32 Å². The van der Waals surface area contributed by atoms with Crippen LogP contribution in [-0.4, -0.2) is 39.2 Å². The molecule has 0 radical (unpaired) electrons. The molecule has 1 heterocycles. The van der Waals surface area contributed by atoms with E-state index in [2.05, 4.69) is 5.32 Å². The van der Waals surface area contributed by atoms with Crippen LogP contribution in [0.4, 0.5) is 4.79 Å². The number of benzene rings is 1. The van der Waals surface area contributed by atoms with Crippen LogP contribution in [0.5, 0.6) is 0 Å². The summed E-state index contributed by atoms with van der Waals surface area (Å²) in [4.78, 5) is 27.1. The largest absolute Gasteiger partial charge is 0.444 e. The second-order valence-corrected chi connectivity index (χ2v) is 9.92. The summed E-state index contributed by atoms with van der Waals surface area (Å²) in [6, 6.07) is 5.52. The number of thioether (sulfide) groups is 1. The molecule has 2 rings (SSSR count). The fourth-order valence-corrected chi connectivity index (χ4v) is 4.22. The van der Waals surface area contributed by atoms with Crippen molar-refractivity contribution in [3.05, 3.63) is 34.9 Å². The van der Waals surface area contributed by atoms with Gasteiger partial charge in [0.1, 0.15) is 11.6 Å². The second kappa shape index (κ2) is 7.51. The summed E-state index contributed by atoms with van der Waals surface area (Å²) in [5.74, 6) is 0.303. The van der Waals surface area contributed by atoms with Crippen molar-refractivity contribution in [3.63, 3.8) is 0 Å². The first kappa shape index (κ1) is 20.6. The van der Waals surface area contributed by atoms with Gasteiger partial charge in [-0.25, -0.2) is 4.79 Å². The molecule has 1 aliphatic heterocycles. The zero-order valence-electron chi connectivity index (χ0n) is 16.8. The lowest BCUT2D eigenvalue weighted by Gasteiger charge is -2.32. The Morgan fingerprint density at radius 2 is 1.85 bits per heavy atom. The molecule has 1 N–H and O–H groups in total. The van der Waals surface area contributed by atoms with Gasteiger partial charge >= 0.3 is 6.09 Å². The van der Waals surface area contributed by atoms with Crippen molar-refractivity contribution >= 4 is 23.8 Å². The summed E-state index contributed by atoms with van der Waals surface area (Å²) in [5.41, 5.74) is 2.82. The number of ether oxygens (including phenoxy) is 1. The number of rotatable bonds is 3. The molecule has 0 spiro atoms. The topological polar surface area (TPSA) is 58.6 Å². The van der Waals surface area contributed by atoms with Crippen LogP contribution in [0.2, 0.25) is 0 Å². The number of hydrogen-bond acceptors (Lipinski definition) is 4. The minimum atomic E-state index is -0.590. The van der Waals surface area contributed by atoms with Gasteiger partial charge in [-0.3, -0.25) is 9.69 Å². The maximum absolute atomic E-state index is 13.0. The Bertz CT molecular complexity index is 675. The lowest BCUT2D eigenvalue weighted by Crippen LogP contribution is -2.54. The van der Waals surface area contributed by atoms with Gasteiger partial charge < -0.3 is 10.1 Å². The van der Waals surface area contributed by atoms with Gasteiger partial charge in [0.25, 0.3) is 0 Å². The Labute approximate surface area is 160 Å². The Kier molecular flexibility index (Phi) is 5.95. The van der Waals surface area contributed by atoms with E-state index in [4.69, 9.17) is 4.74 Å². The molecule has 0 aliphatic carbocycles. The van der Waals surface area contributed by atoms with Crippen LogP contribution >= 0.6 is 11.8 Å². The van der Waals surface area contributed by atoms with Crippen LogP contribution in [0.15, 0.2) is 18.2 Å². The van der Waals surface area contributed by atoms with Crippen molar-refractivity contribution in [1.29, 1.82) is 0 Å². The molecular formula is C20H30N2O3S. The number of amides is 2. The Morgan fingerprint density at radius 3 is 2.38 bits per heavy atom. The summed E-state index contributed by atoms with van der Waals surface area (Å²) >= 11 is 1.59. The fourth-order valence-electron chi connectivity index (χ4n) is 3.10. The second-order valence-electron chi connectivity index (χ2n) is 8.32. The highest BCUT2D eigenvalue weighted by Gasteiger charge is 2.49. The molecule has 144 valence electrons. The zero-order valence-corrected chi connectivity index (χ0v) is 17.6. The first-order valence-corrected chi connectivity index (χ1v) is 9.87. The molecule has 1 aromatic rings. The summed E-state index contributed by atoms with van der Waals surface area (Å²) in [5, 5.41) is 3.02. The minimum absolute atomic E-state index is 0.145. The highest BCUT2D eigenvalue weighted by atomic mass is 32.2. The predicted molar refractivity (Wildman–Crippen MR) is 106 cm³/mol. The van der Waals surface area contributed by atoms with Crippen molar-refractivity contribution in [1.82, 2.24) is 10.2 Å². The van der Waals surface area contributed by atoms with Crippen molar-refractivity contribution in [3.8, 4) is 0 Å². The zero-order chi connectivity index (χ0) is 19.7. The van der Waals surface area contributed by atoms with Crippen LogP contribution in [0, 0.1) is 13.8 Å². The fraction of sp³-hybridized carbons (Fsp3) is 0.600. The minimum Gasteiger partial charge on any atom is -0.444 e. The van der Waals surface area contributed by atoms with E-state index in [0.29, 0.717) is 12.4 Å². The first-order valence-electron chi connectivity index (χ1n) is 8.89. The lowest BCUT2D eigenvalue weighted by molar-refractivity contribution is -0.126. The molecule has 1 aromatic carbocycles. The maximum atomic E-state index is 13.0. The Balaban J connectivity index is 2.14. The highest BCUT2D eigenvalue weighted by Crippen LogP contribution is 2.40. The molecule has 0 saturated carbocycles. The highest BCUT2D eigenvalue weighted by molar-refractivity contribution is 8.00. The average Bonchev–Trinajstić information content (AvgIpc) is 2.80. The van der Waals surface area contributed by atoms with E-state index in [9.17, 15) is 9.59 Å². The van der Waals surface area contributed by atoms with E-state index in [1.54, 1.807) is 11.8 Å². The van der Waals surface area contributed by atoms with Crippen LogP contribution in [0.25, 0.3) is 0 Å². The number of nitrogens with one attached hydrogen (secondary N) is 1. The maximum Gasteiger partial charge on any atom is 0.411 e. The van der Waals surface area contributed by atoms with E-state index >= 15 is 0 Å². The van der Waals surface area contributed by atoms with Gasteiger partial charge in [-0.1, -0.05) is 18.2 Å². The first-order chi connectivity index (χ1) is 11.9. The number of aryl methyl sites for hydroxylation is 2. The van der Waals surface area contributed by atoms with Crippen molar-refractivity contribution in [2.24, 2.45) is 0 Å². The molecule has 6 heteroatoms. The summed E-state index contributed by atoms with van der Waals surface area (Å²) in [6.07, 6.45) is -0.442. The number of hydrogen-bond donors (Lipinski definition) is 1. The van der Waals surface area contributed by atoms with Crippen LogP contribution in [0.1, 0.15) is 51.3 Å². The van der Waals surface area contributed by atoms with Gasteiger partial charge in [-0.15, -0.1) is 11.8 Å². The molecule has 2 amide bonds. The van der Waals surface area contributed by atoms with Gasteiger partial charge in [0.05, 0.1) is 5.88 Å². The van der Waals surface area contributed by atoms with Gasteiger partial charge in [0.15, 0.2) is 0 Å². The third kappa shape index (κ3) is 4.72. The molecule has 1 saturated heterocycles. The molecule has 1 atom stereocenters. The smallest absolute Gasteiger partial charge is 0.411 e. The van der Waals surface area contributed by atoms with Gasteiger partial charge in [-0.2, -0.15) is 0 Å². The quantitative estimate of drug-likeness (QED) is 0.863. The number of carbonyl (C=O) groups excluding carboxylic acids is 2. The van der Waals surface area contributed by atoms with Crippen LogP contribution in [-0.2, 0) is 16.1 Å². The van der Waals surface area contributed by atoms with Crippen molar-refractivity contribution < 1.29 is 14.3 Å². The van der Waals surface area contributed by atoms with Gasteiger partial charge in [0, 0.05) is 11.3 Å².